The van der Waals surface area contributed by atoms with Gasteiger partial charge in [-0.15, -0.1) is 0 Å². The zero-order valence-electron chi connectivity index (χ0n) is 13.4. The SMILES string of the molecule is CC1CN(c2ccccn2)CCN1c1nc2ccccc2nc1Br. The van der Waals surface area contributed by atoms with Gasteiger partial charge < -0.3 is 9.80 Å². The number of benzene rings is 1. The molecular formula is C18H18BrN5. The number of para-hydroxylation sites is 2. The summed E-state index contributed by atoms with van der Waals surface area (Å²) in [6.07, 6.45) is 1.85. The van der Waals surface area contributed by atoms with Gasteiger partial charge in [0.15, 0.2) is 5.82 Å². The third kappa shape index (κ3) is 2.82. The van der Waals surface area contributed by atoms with E-state index < -0.39 is 0 Å². The van der Waals surface area contributed by atoms with Crippen molar-refractivity contribution in [2.45, 2.75) is 13.0 Å². The number of hydrogen-bond donors (Lipinski definition) is 0. The fourth-order valence-corrected chi connectivity index (χ4v) is 3.68. The Morgan fingerprint density at radius 1 is 1.00 bits per heavy atom. The molecule has 122 valence electrons. The molecule has 0 saturated carbocycles. The van der Waals surface area contributed by atoms with Gasteiger partial charge in [0.25, 0.3) is 0 Å². The van der Waals surface area contributed by atoms with E-state index in [-0.39, 0.29) is 0 Å². The highest BCUT2D eigenvalue weighted by atomic mass is 79.9. The molecule has 0 aliphatic carbocycles. The molecule has 0 N–H and O–H groups in total. The number of piperazine rings is 1. The van der Waals surface area contributed by atoms with Crippen molar-refractivity contribution < 1.29 is 0 Å². The van der Waals surface area contributed by atoms with Crippen LogP contribution >= 0.6 is 15.9 Å². The Hall–Kier alpha value is -2.21. The summed E-state index contributed by atoms with van der Waals surface area (Å²) in [5, 5.41) is 0. The standard InChI is InChI=1S/C18H18BrN5/c1-13-12-23(16-8-4-5-9-20-16)10-11-24(13)18-17(19)21-14-6-2-3-7-15(14)22-18/h2-9,13H,10-12H2,1H3. The van der Waals surface area contributed by atoms with Crippen LogP contribution in [0.3, 0.4) is 0 Å². The van der Waals surface area contributed by atoms with Gasteiger partial charge in [-0.25, -0.2) is 15.0 Å². The number of hydrogen-bond acceptors (Lipinski definition) is 5. The Bertz CT molecular complexity index is 854. The van der Waals surface area contributed by atoms with Gasteiger partial charge in [0.2, 0.25) is 0 Å². The molecule has 6 heteroatoms. The molecule has 0 amide bonds. The molecule has 3 heterocycles. The van der Waals surface area contributed by atoms with Gasteiger partial charge in [-0.2, -0.15) is 0 Å². The fraction of sp³-hybridized carbons (Fsp3) is 0.278. The number of anilines is 2. The third-order valence-electron chi connectivity index (χ3n) is 4.38. The van der Waals surface area contributed by atoms with Crippen molar-refractivity contribution in [1.82, 2.24) is 15.0 Å². The summed E-state index contributed by atoms with van der Waals surface area (Å²) in [5.41, 5.74) is 1.84. The van der Waals surface area contributed by atoms with E-state index in [2.05, 4.69) is 48.7 Å². The smallest absolute Gasteiger partial charge is 0.162 e. The van der Waals surface area contributed by atoms with E-state index in [1.165, 1.54) is 0 Å². The second kappa shape index (κ2) is 6.36. The van der Waals surface area contributed by atoms with Crippen LogP contribution in [0.1, 0.15) is 6.92 Å². The van der Waals surface area contributed by atoms with Gasteiger partial charge in [-0.1, -0.05) is 18.2 Å². The van der Waals surface area contributed by atoms with Crippen LogP contribution in [0.25, 0.3) is 11.0 Å². The second-order valence-corrected chi connectivity index (χ2v) is 6.75. The Kier molecular flexibility index (Phi) is 4.06. The normalized spacial score (nSPS) is 18.2. The second-order valence-electron chi connectivity index (χ2n) is 6.00. The Morgan fingerprint density at radius 2 is 1.75 bits per heavy atom. The van der Waals surface area contributed by atoms with Crippen LogP contribution in [0, 0.1) is 0 Å². The molecule has 1 aliphatic heterocycles. The van der Waals surface area contributed by atoms with Gasteiger partial charge in [0, 0.05) is 31.9 Å². The maximum Gasteiger partial charge on any atom is 0.162 e. The molecular weight excluding hydrogens is 366 g/mol. The van der Waals surface area contributed by atoms with Crippen LogP contribution in [0.2, 0.25) is 0 Å². The average molecular weight is 384 g/mol. The molecule has 24 heavy (non-hydrogen) atoms. The highest BCUT2D eigenvalue weighted by Gasteiger charge is 2.27. The van der Waals surface area contributed by atoms with Gasteiger partial charge in [-0.3, -0.25) is 0 Å². The Morgan fingerprint density at radius 3 is 2.46 bits per heavy atom. The molecule has 1 atom stereocenters. The fourth-order valence-electron chi connectivity index (χ4n) is 3.17. The number of aromatic nitrogens is 3. The molecule has 4 rings (SSSR count). The molecule has 3 aromatic rings. The van der Waals surface area contributed by atoms with Crippen LogP contribution in [0.15, 0.2) is 53.3 Å². The first-order valence-electron chi connectivity index (χ1n) is 8.07. The van der Waals surface area contributed by atoms with E-state index in [0.717, 1.165) is 46.9 Å². The molecule has 0 bridgehead atoms. The van der Waals surface area contributed by atoms with Crippen molar-refractivity contribution in [3.8, 4) is 0 Å². The van der Waals surface area contributed by atoms with E-state index in [9.17, 15) is 0 Å². The predicted octanol–water partition coefficient (Wildman–Crippen LogP) is 3.50. The number of halogens is 1. The van der Waals surface area contributed by atoms with Crippen LogP contribution < -0.4 is 9.80 Å². The van der Waals surface area contributed by atoms with Gasteiger partial charge in [0.05, 0.1) is 11.0 Å². The summed E-state index contributed by atoms with van der Waals surface area (Å²) in [4.78, 5) is 18.6. The summed E-state index contributed by atoms with van der Waals surface area (Å²) in [7, 11) is 0. The summed E-state index contributed by atoms with van der Waals surface area (Å²) in [6.45, 7) is 4.95. The maximum atomic E-state index is 4.83. The highest BCUT2D eigenvalue weighted by Crippen LogP contribution is 2.28. The minimum atomic E-state index is 0.326. The van der Waals surface area contributed by atoms with Crippen LogP contribution in [0.5, 0.6) is 0 Å². The summed E-state index contributed by atoms with van der Waals surface area (Å²) < 4.78 is 0.805. The lowest BCUT2D eigenvalue weighted by Crippen LogP contribution is -2.52. The average Bonchev–Trinajstić information content (AvgIpc) is 2.62. The van der Waals surface area contributed by atoms with Crippen molar-refractivity contribution in [2.75, 3.05) is 29.4 Å². The van der Waals surface area contributed by atoms with E-state index in [1.54, 1.807) is 0 Å². The molecule has 0 radical (unpaired) electrons. The molecule has 1 unspecified atom stereocenters. The van der Waals surface area contributed by atoms with E-state index in [1.807, 2.05) is 42.6 Å². The topological polar surface area (TPSA) is 45.2 Å². The monoisotopic (exact) mass is 383 g/mol. The van der Waals surface area contributed by atoms with Gasteiger partial charge in [0.1, 0.15) is 10.4 Å². The largest absolute Gasteiger partial charge is 0.353 e. The first-order valence-corrected chi connectivity index (χ1v) is 8.86. The van der Waals surface area contributed by atoms with Crippen LogP contribution in [0.4, 0.5) is 11.6 Å². The van der Waals surface area contributed by atoms with Crippen molar-refractivity contribution in [3.63, 3.8) is 0 Å². The molecule has 1 saturated heterocycles. The van der Waals surface area contributed by atoms with Crippen LogP contribution in [-0.2, 0) is 0 Å². The number of fused-ring (bicyclic) bond motifs is 1. The zero-order chi connectivity index (χ0) is 16.5. The third-order valence-corrected chi connectivity index (χ3v) is 4.92. The van der Waals surface area contributed by atoms with Crippen LogP contribution in [-0.4, -0.2) is 40.6 Å². The minimum absolute atomic E-state index is 0.326. The highest BCUT2D eigenvalue weighted by molar-refractivity contribution is 9.10. The van der Waals surface area contributed by atoms with E-state index in [0.29, 0.717) is 6.04 Å². The molecule has 1 aromatic carbocycles. The zero-order valence-corrected chi connectivity index (χ0v) is 15.0. The number of rotatable bonds is 2. The van der Waals surface area contributed by atoms with Crippen molar-refractivity contribution in [3.05, 3.63) is 53.3 Å². The first-order chi connectivity index (χ1) is 11.7. The number of pyridine rings is 1. The minimum Gasteiger partial charge on any atom is -0.353 e. The lowest BCUT2D eigenvalue weighted by molar-refractivity contribution is 0.542. The Balaban J connectivity index is 1.61. The molecule has 1 aliphatic rings. The van der Waals surface area contributed by atoms with Gasteiger partial charge >= 0.3 is 0 Å². The molecule has 2 aromatic heterocycles. The number of nitrogens with zero attached hydrogens (tertiary/aromatic N) is 5. The quantitative estimate of drug-likeness (QED) is 0.677. The first kappa shape index (κ1) is 15.3. The van der Waals surface area contributed by atoms with E-state index >= 15 is 0 Å². The predicted molar refractivity (Wildman–Crippen MR) is 100 cm³/mol. The summed E-state index contributed by atoms with van der Waals surface area (Å²) in [5.74, 6) is 1.95. The van der Waals surface area contributed by atoms with Gasteiger partial charge in [-0.05, 0) is 47.1 Å². The molecule has 0 spiro atoms. The molecule has 5 nitrogen and oxygen atoms in total. The van der Waals surface area contributed by atoms with Crippen molar-refractivity contribution in [2.24, 2.45) is 0 Å². The van der Waals surface area contributed by atoms with Crippen molar-refractivity contribution >= 4 is 38.6 Å². The summed E-state index contributed by atoms with van der Waals surface area (Å²) in [6, 6.07) is 14.3. The maximum absolute atomic E-state index is 4.83. The van der Waals surface area contributed by atoms with Crippen molar-refractivity contribution in [1.29, 1.82) is 0 Å². The lowest BCUT2D eigenvalue weighted by atomic mass is 10.2. The Labute approximate surface area is 149 Å². The lowest BCUT2D eigenvalue weighted by Gasteiger charge is -2.41. The molecule has 1 fully saturated rings. The van der Waals surface area contributed by atoms with E-state index in [4.69, 9.17) is 4.98 Å². The summed E-state index contributed by atoms with van der Waals surface area (Å²) >= 11 is 3.60.